The Balaban J connectivity index is 3.71. The standard InChI is InChI=1S/C8H12O/c1-4-7-9-8(5-2)6-3/h4-7H,2H2,1,3H3. The van der Waals surface area contributed by atoms with E-state index in [-0.39, 0.29) is 0 Å². The van der Waals surface area contributed by atoms with Crippen molar-refractivity contribution in [3.8, 4) is 0 Å². The zero-order valence-electron chi connectivity index (χ0n) is 5.92. The summed E-state index contributed by atoms with van der Waals surface area (Å²) in [5, 5.41) is 0. The lowest BCUT2D eigenvalue weighted by Gasteiger charge is -1.96. The van der Waals surface area contributed by atoms with Gasteiger partial charge in [0, 0.05) is 0 Å². The second-order valence-corrected chi connectivity index (χ2v) is 1.48. The molecule has 0 heterocycles. The molecule has 0 amide bonds. The Bertz CT molecular complexity index is 132. The molecule has 1 nitrogen and oxygen atoms in total. The van der Waals surface area contributed by atoms with Gasteiger partial charge in [0.25, 0.3) is 0 Å². The van der Waals surface area contributed by atoms with E-state index < -0.39 is 0 Å². The number of allylic oxidation sites excluding steroid dienone is 3. The van der Waals surface area contributed by atoms with Crippen molar-refractivity contribution in [3.05, 3.63) is 36.8 Å². The Labute approximate surface area is 56.3 Å². The lowest BCUT2D eigenvalue weighted by Crippen LogP contribution is -1.76. The van der Waals surface area contributed by atoms with Crippen molar-refractivity contribution in [1.82, 2.24) is 0 Å². The smallest absolute Gasteiger partial charge is 0.121 e. The number of hydrogen-bond donors (Lipinski definition) is 0. The van der Waals surface area contributed by atoms with Crippen LogP contribution in [0, 0.1) is 0 Å². The van der Waals surface area contributed by atoms with E-state index in [9.17, 15) is 0 Å². The molecule has 0 aliphatic heterocycles. The lowest BCUT2D eigenvalue weighted by atomic mass is 10.4. The number of rotatable bonds is 3. The molecular weight excluding hydrogens is 112 g/mol. The predicted octanol–water partition coefficient (Wildman–Crippen LogP) is 2.63. The minimum atomic E-state index is 0.785. The van der Waals surface area contributed by atoms with Crippen LogP contribution in [0.5, 0.6) is 0 Å². The van der Waals surface area contributed by atoms with E-state index in [1.54, 1.807) is 12.3 Å². The van der Waals surface area contributed by atoms with E-state index in [0.717, 1.165) is 5.76 Å². The molecule has 0 aromatic carbocycles. The van der Waals surface area contributed by atoms with Gasteiger partial charge in [0.05, 0.1) is 6.26 Å². The van der Waals surface area contributed by atoms with Gasteiger partial charge in [-0.25, -0.2) is 0 Å². The van der Waals surface area contributed by atoms with Crippen molar-refractivity contribution >= 4 is 0 Å². The fourth-order valence-corrected chi connectivity index (χ4v) is 0.381. The summed E-state index contributed by atoms with van der Waals surface area (Å²) in [6, 6.07) is 0. The molecule has 50 valence electrons. The highest BCUT2D eigenvalue weighted by molar-refractivity contribution is 5.07. The Morgan fingerprint density at radius 3 is 2.44 bits per heavy atom. The normalized spacial score (nSPS) is 12.0. The minimum absolute atomic E-state index is 0.785. The molecule has 0 aromatic rings. The second kappa shape index (κ2) is 5.16. The van der Waals surface area contributed by atoms with E-state index in [4.69, 9.17) is 4.74 Å². The van der Waals surface area contributed by atoms with Crippen LogP contribution in [0.1, 0.15) is 13.8 Å². The monoisotopic (exact) mass is 124 g/mol. The molecular formula is C8H12O. The summed E-state index contributed by atoms with van der Waals surface area (Å²) in [7, 11) is 0. The van der Waals surface area contributed by atoms with Crippen molar-refractivity contribution in [2.45, 2.75) is 13.8 Å². The first-order chi connectivity index (χ1) is 4.35. The number of hydrogen-bond acceptors (Lipinski definition) is 1. The molecule has 0 saturated heterocycles. The maximum Gasteiger partial charge on any atom is 0.121 e. The fourth-order valence-electron chi connectivity index (χ4n) is 0.381. The van der Waals surface area contributed by atoms with Crippen LogP contribution in [-0.2, 0) is 4.74 Å². The first kappa shape index (κ1) is 8.02. The minimum Gasteiger partial charge on any atom is -0.466 e. The maximum absolute atomic E-state index is 5.05. The van der Waals surface area contributed by atoms with Crippen molar-refractivity contribution in [3.63, 3.8) is 0 Å². The molecule has 0 N–H and O–H groups in total. The SMILES string of the molecule is C=CC(=CC)OC=CC. The van der Waals surface area contributed by atoms with Gasteiger partial charge in [-0.2, -0.15) is 0 Å². The van der Waals surface area contributed by atoms with Crippen LogP contribution < -0.4 is 0 Å². The first-order valence-electron chi connectivity index (χ1n) is 2.91. The van der Waals surface area contributed by atoms with Crippen molar-refractivity contribution in [2.24, 2.45) is 0 Å². The summed E-state index contributed by atoms with van der Waals surface area (Å²) in [4.78, 5) is 0. The summed E-state index contributed by atoms with van der Waals surface area (Å²) in [5.74, 6) is 0.785. The van der Waals surface area contributed by atoms with Gasteiger partial charge >= 0.3 is 0 Å². The Morgan fingerprint density at radius 1 is 1.44 bits per heavy atom. The molecule has 0 aliphatic rings. The molecule has 0 bridgehead atoms. The van der Waals surface area contributed by atoms with Crippen LogP contribution in [0.15, 0.2) is 36.8 Å². The van der Waals surface area contributed by atoms with E-state index in [0.29, 0.717) is 0 Å². The Morgan fingerprint density at radius 2 is 2.11 bits per heavy atom. The van der Waals surface area contributed by atoms with Gasteiger partial charge < -0.3 is 4.74 Å². The average Bonchev–Trinajstić information content (AvgIpc) is 1.91. The summed E-state index contributed by atoms with van der Waals surface area (Å²) >= 11 is 0. The number of ether oxygens (including phenoxy) is 1. The highest BCUT2D eigenvalue weighted by atomic mass is 16.5. The van der Waals surface area contributed by atoms with E-state index in [1.807, 2.05) is 26.0 Å². The van der Waals surface area contributed by atoms with Crippen LogP contribution in [0.3, 0.4) is 0 Å². The van der Waals surface area contributed by atoms with Gasteiger partial charge in [-0.15, -0.1) is 0 Å². The van der Waals surface area contributed by atoms with Gasteiger partial charge in [-0.1, -0.05) is 12.7 Å². The van der Waals surface area contributed by atoms with Crippen LogP contribution in [0.4, 0.5) is 0 Å². The summed E-state index contributed by atoms with van der Waals surface area (Å²) in [6.07, 6.45) is 6.97. The van der Waals surface area contributed by atoms with Gasteiger partial charge in [-0.3, -0.25) is 0 Å². The zero-order valence-corrected chi connectivity index (χ0v) is 5.92. The van der Waals surface area contributed by atoms with Crippen molar-refractivity contribution in [2.75, 3.05) is 0 Å². The van der Waals surface area contributed by atoms with Gasteiger partial charge in [0.15, 0.2) is 0 Å². The van der Waals surface area contributed by atoms with E-state index in [1.165, 1.54) is 0 Å². The molecule has 0 saturated carbocycles. The molecule has 0 aromatic heterocycles. The van der Waals surface area contributed by atoms with Crippen molar-refractivity contribution < 1.29 is 4.74 Å². The van der Waals surface area contributed by atoms with Crippen LogP contribution in [0.2, 0.25) is 0 Å². The van der Waals surface area contributed by atoms with Crippen LogP contribution in [-0.4, -0.2) is 0 Å². The Hall–Kier alpha value is -0.980. The lowest BCUT2D eigenvalue weighted by molar-refractivity contribution is 0.367. The van der Waals surface area contributed by atoms with Crippen molar-refractivity contribution in [1.29, 1.82) is 0 Å². The Kier molecular flexibility index (Phi) is 4.60. The fraction of sp³-hybridized carbons (Fsp3) is 0.250. The van der Waals surface area contributed by atoms with Gasteiger partial charge in [0.1, 0.15) is 5.76 Å². The van der Waals surface area contributed by atoms with Crippen LogP contribution in [0.25, 0.3) is 0 Å². The zero-order chi connectivity index (χ0) is 7.11. The third kappa shape index (κ3) is 3.59. The van der Waals surface area contributed by atoms with Gasteiger partial charge in [-0.05, 0) is 26.0 Å². The molecule has 0 radical (unpaired) electrons. The molecule has 0 atom stereocenters. The third-order valence-electron chi connectivity index (χ3n) is 0.826. The average molecular weight is 124 g/mol. The molecule has 0 rings (SSSR count). The highest BCUT2D eigenvalue weighted by Gasteiger charge is 1.81. The topological polar surface area (TPSA) is 9.23 Å². The molecule has 0 spiro atoms. The van der Waals surface area contributed by atoms with E-state index >= 15 is 0 Å². The molecule has 0 fully saturated rings. The quantitative estimate of drug-likeness (QED) is 0.415. The molecule has 0 unspecified atom stereocenters. The molecule has 1 heteroatoms. The summed E-state index contributed by atoms with van der Waals surface area (Å²) in [6.45, 7) is 7.36. The predicted molar refractivity (Wildman–Crippen MR) is 39.9 cm³/mol. The molecule has 0 aliphatic carbocycles. The van der Waals surface area contributed by atoms with Gasteiger partial charge in [0.2, 0.25) is 0 Å². The molecule has 9 heavy (non-hydrogen) atoms. The largest absolute Gasteiger partial charge is 0.466 e. The highest BCUT2D eigenvalue weighted by Crippen LogP contribution is 1.97. The second-order valence-electron chi connectivity index (χ2n) is 1.48. The summed E-state index contributed by atoms with van der Waals surface area (Å²) in [5.41, 5.74) is 0. The third-order valence-corrected chi connectivity index (χ3v) is 0.826. The van der Waals surface area contributed by atoms with E-state index in [2.05, 4.69) is 6.58 Å². The maximum atomic E-state index is 5.05. The summed E-state index contributed by atoms with van der Waals surface area (Å²) < 4.78 is 5.05. The van der Waals surface area contributed by atoms with Crippen LogP contribution >= 0.6 is 0 Å². The first-order valence-corrected chi connectivity index (χ1v) is 2.91.